The first-order valence-electron chi connectivity index (χ1n) is 16.2. The van der Waals surface area contributed by atoms with Gasteiger partial charge in [-0.15, -0.1) is 11.3 Å². The molecule has 10 rings (SSSR count). The number of hydrogen-bond acceptors (Lipinski definition) is 3. The summed E-state index contributed by atoms with van der Waals surface area (Å²) in [7, 11) is 0. The highest BCUT2D eigenvalue weighted by Crippen LogP contribution is 2.45. The third-order valence-electron chi connectivity index (χ3n) is 9.40. The Labute approximate surface area is 281 Å². The Morgan fingerprint density at radius 1 is 0.438 bits per heavy atom. The van der Waals surface area contributed by atoms with E-state index in [9.17, 15) is 0 Å². The summed E-state index contributed by atoms with van der Waals surface area (Å²) < 4.78 is 4.87. The average Bonchev–Trinajstić information content (AvgIpc) is 3.71. The standard InChI is InChI=1S/C44H27N3S/c1-3-13-29(14-4-1)37-27-38(31-23-22-28-12-7-8-15-30(28)26-31)46-44(45-37)36-20-11-19-33-34-24-25-40-41(43(34)48-42(33)36)35-18-9-10-21-39(35)47(40)32-16-5-2-6-17-32/h1-27H. The van der Waals surface area contributed by atoms with E-state index in [1.165, 1.54) is 52.8 Å². The van der Waals surface area contributed by atoms with Gasteiger partial charge >= 0.3 is 0 Å². The molecule has 0 saturated carbocycles. The lowest BCUT2D eigenvalue weighted by Crippen LogP contribution is -1.96. The summed E-state index contributed by atoms with van der Waals surface area (Å²) >= 11 is 1.85. The van der Waals surface area contributed by atoms with Crippen LogP contribution in [0, 0.1) is 0 Å². The number of aromatic nitrogens is 3. The second-order valence-electron chi connectivity index (χ2n) is 12.2. The minimum atomic E-state index is 0.736. The highest BCUT2D eigenvalue weighted by molar-refractivity contribution is 7.27. The van der Waals surface area contributed by atoms with Gasteiger partial charge in [-0.3, -0.25) is 0 Å². The second-order valence-corrected chi connectivity index (χ2v) is 13.2. The Morgan fingerprint density at radius 2 is 1.12 bits per heavy atom. The molecule has 0 aliphatic carbocycles. The maximum atomic E-state index is 5.27. The number of benzene rings is 7. The van der Waals surface area contributed by atoms with Gasteiger partial charge in [0.25, 0.3) is 0 Å². The van der Waals surface area contributed by atoms with Crippen LogP contribution >= 0.6 is 11.3 Å². The van der Waals surface area contributed by atoms with E-state index >= 15 is 0 Å². The Kier molecular flexibility index (Phi) is 6.05. The van der Waals surface area contributed by atoms with Gasteiger partial charge in [0.1, 0.15) is 0 Å². The van der Waals surface area contributed by atoms with E-state index in [1.54, 1.807) is 0 Å². The molecule has 0 radical (unpaired) electrons. The summed E-state index contributed by atoms with van der Waals surface area (Å²) in [5, 5.41) is 7.45. The molecule has 0 spiro atoms. The number of hydrogen-bond donors (Lipinski definition) is 0. The van der Waals surface area contributed by atoms with Crippen LogP contribution in [-0.4, -0.2) is 14.5 Å². The fourth-order valence-electron chi connectivity index (χ4n) is 7.16. The van der Waals surface area contributed by atoms with E-state index < -0.39 is 0 Å². The lowest BCUT2D eigenvalue weighted by atomic mass is 10.0. The van der Waals surface area contributed by atoms with Gasteiger partial charge in [0, 0.05) is 53.3 Å². The molecule has 0 atom stereocenters. The molecule has 3 nitrogen and oxygen atoms in total. The zero-order chi connectivity index (χ0) is 31.6. The Bertz CT molecular complexity index is 2830. The van der Waals surface area contributed by atoms with Gasteiger partial charge in [-0.1, -0.05) is 121 Å². The third-order valence-corrected chi connectivity index (χ3v) is 10.7. The van der Waals surface area contributed by atoms with Crippen molar-refractivity contribution in [2.75, 3.05) is 0 Å². The molecule has 0 aliphatic rings. The van der Waals surface area contributed by atoms with Crippen LogP contribution in [0.2, 0.25) is 0 Å². The minimum Gasteiger partial charge on any atom is -0.309 e. The third kappa shape index (κ3) is 4.20. The van der Waals surface area contributed by atoms with Crippen LogP contribution in [0.15, 0.2) is 164 Å². The SMILES string of the molecule is c1ccc(-c2cc(-c3ccc4ccccc4c3)nc(-c3cccc4c3sc3c4ccc4c3c3ccccc3n4-c3ccccc3)n2)cc1. The highest BCUT2D eigenvalue weighted by Gasteiger charge is 2.20. The van der Waals surface area contributed by atoms with Gasteiger partial charge in [-0.25, -0.2) is 9.97 Å². The summed E-state index contributed by atoms with van der Waals surface area (Å²) in [5.74, 6) is 0.736. The fraction of sp³-hybridized carbons (Fsp3) is 0. The lowest BCUT2D eigenvalue weighted by molar-refractivity contribution is 1.18. The smallest absolute Gasteiger partial charge is 0.161 e. The largest absolute Gasteiger partial charge is 0.309 e. The maximum Gasteiger partial charge on any atom is 0.161 e. The molecular formula is C44H27N3S. The van der Waals surface area contributed by atoms with Crippen molar-refractivity contribution in [2.24, 2.45) is 0 Å². The van der Waals surface area contributed by atoms with Crippen LogP contribution in [-0.2, 0) is 0 Å². The molecule has 10 aromatic rings. The molecule has 0 amide bonds. The Morgan fingerprint density at radius 3 is 1.98 bits per heavy atom. The van der Waals surface area contributed by atoms with Gasteiger partial charge in [-0.05, 0) is 53.2 Å². The molecule has 0 unspecified atom stereocenters. The Balaban J connectivity index is 1.24. The molecule has 3 aromatic heterocycles. The van der Waals surface area contributed by atoms with Crippen molar-refractivity contribution in [3.05, 3.63) is 164 Å². The summed E-state index contributed by atoms with van der Waals surface area (Å²) in [6.45, 7) is 0. The molecule has 3 heterocycles. The van der Waals surface area contributed by atoms with Gasteiger partial charge < -0.3 is 4.57 Å². The molecule has 0 aliphatic heterocycles. The molecule has 0 N–H and O–H groups in total. The molecule has 48 heavy (non-hydrogen) atoms. The van der Waals surface area contributed by atoms with Crippen molar-refractivity contribution in [2.45, 2.75) is 0 Å². The molecule has 0 bridgehead atoms. The van der Waals surface area contributed by atoms with Crippen molar-refractivity contribution in [3.63, 3.8) is 0 Å². The zero-order valence-corrected chi connectivity index (χ0v) is 26.7. The first-order chi connectivity index (χ1) is 23.8. The summed E-state index contributed by atoms with van der Waals surface area (Å²) in [4.78, 5) is 10.5. The van der Waals surface area contributed by atoms with Crippen molar-refractivity contribution < 1.29 is 0 Å². The molecule has 0 saturated heterocycles. The van der Waals surface area contributed by atoms with Crippen LogP contribution in [0.25, 0.3) is 92.3 Å². The van der Waals surface area contributed by atoms with Crippen LogP contribution in [0.3, 0.4) is 0 Å². The van der Waals surface area contributed by atoms with Crippen molar-refractivity contribution in [1.29, 1.82) is 0 Å². The van der Waals surface area contributed by atoms with E-state index in [2.05, 4.69) is 162 Å². The molecular weight excluding hydrogens is 603 g/mol. The van der Waals surface area contributed by atoms with E-state index in [0.29, 0.717) is 0 Å². The van der Waals surface area contributed by atoms with Gasteiger partial charge in [-0.2, -0.15) is 0 Å². The van der Waals surface area contributed by atoms with Crippen molar-refractivity contribution in [1.82, 2.24) is 14.5 Å². The number of rotatable bonds is 4. The topological polar surface area (TPSA) is 30.7 Å². The van der Waals surface area contributed by atoms with Crippen LogP contribution in [0.1, 0.15) is 0 Å². The minimum absolute atomic E-state index is 0.736. The number of thiophene rings is 1. The highest BCUT2D eigenvalue weighted by atomic mass is 32.1. The van der Waals surface area contributed by atoms with Gasteiger partial charge in [0.15, 0.2) is 5.82 Å². The van der Waals surface area contributed by atoms with Crippen molar-refractivity contribution >= 4 is 64.1 Å². The van der Waals surface area contributed by atoms with Gasteiger partial charge in [0.05, 0.1) is 22.4 Å². The zero-order valence-electron chi connectivity index (χ0n) is 25.8. The maximum absolute atomic E-state index is 5.27. The number of nitrogens with zero attached hydrogens (tertiary/aromatic N) is 3. The van der Waals surface area contributed by atoms with E-state index in [4.69, 9.17) is 9.97 Å². The average molecular weight is 630 g/mol. The summed E-state index contributed by atoms with van der Waals surface area (Å²) in [5.41, 5.74) is 8.61. The Hall–Kier alpha value is -6.10. The van der Waals surface area contributed by atoms with Crippen LogP contribution in [0.4, 0.5) is 0 Å². The van der Waals surface area contributed by atoms with E-state index in [0.717, 1.165) is 39.6 Å². The quantitative estimate of drug-likeness (QED) is 0.194. The molecule has 4 heteroatoms. The number of para-hydroxylation sites is 2. The predicted octanol–water partition coefficient (Wildman–Crippen LogP) is 12.1. The normalized spacial score (nSPS) is 11.8. The van der Waals surface area contributed by atoms with Crippen LogP contribution < -0.4 is 0 Å². The van der Waals surface area contributed by atoms with Crippen LogP contribution in [0.5, 0.6) is 0 Å². The molecule has 7 aromatic carbocycles. The first kappa shape index (κ1) is 27.1. The number of fused-ring (bicyclic) bond motifs is 8. The predicted molar refractivity (Wildman–Crippen MR) is 203 cm³/mol. The lowest BCUT2D eigenvalue weighted by Gasteiger charge is -2.10. The first-order valence-corrected chi connectivity index (χ1v) is 17.0. The fourth-order valence-corrected chi connectivity index (χ4v) is 8.53. The summed E-state index contributed by atoms with van der Waals surface area (Å²) in [6, 6.07) is 58.1. The summed E-state index contributed by atoms with van der Waals surface area (Å²) in [6.07, 6.45) is 0. The molecule has 224 valence electrons. The van der Waals surface area contributed by atoms with E-state index in [1.807, 2.05) is 17.4 Å². The van der Waals surface area contributed by atoms with E-state index in [-0.39, 0.29) is 0 Å². The molecule has 0 fully saturated rings. The monoisotopic (exact) mass is 629 g/mol. The van der Waals surface area contributed by atoms with Gasteiger partial charge in [0.2, 0.25) is 0 Å². The van der Waals surface area contributed by atoms with Crippen molar-refractivity contribution in [3.8, 4) is 39.6 Å². The second kappa shape index (κ2) is 10.7.